The van der Waals surface area contributed by atoms with Gasteiger partial charge in [0.15, 0.2) is 0 Å². The number of primary amides is 1. The molecule has 13 nitrogen and oxygen atoms in total. The number of rotatable bonds is 10. The monoisotopic (exact) mass is 455 g/mol. The van der Waals surface area contributed by atoms with Crippen molar-refractivity contribution in [1.82, 2.24) is 15.1 Å². The van der Waals surface area contributed by atoms with Gasteiger partial charge in [-0.3, -0.25) is 24.0 Å². The van der Waals surface area contributed by atoms with Crippen molar-refractivity contribution in [1.29, 1.82) is 0 Å². The number of carboxylic acids is 2. The summed E-state index contributed by atoms with van der Waals surface area (Å²) in [4.78, 5) is 74.3. The van der Waals surface area contributed by atoms with Crippen molar-refractivity contribution in [2.45, 2.75) is 69.1 Å². The summed E-state index contributed by atoms with van der Waals surface area (Å²) in [6.45, 7) is 0.411. The zero-order chi connectivity index (χ0) is 24.0. The molecule has 2 rings (SSSR count). The van der Waals surface area contributed by atoms with Crippen molar-refractivity contribution in [3.63, 3.8) is 0 Å². The van der Waals surface area contributed by atoms with E-state index in [0.29, 0.717) is 12.8 Å². The van der Waals surface area contributed by atoms with Crippen molar-refractivity contribution in [2.75, 3.05) is 13.1 Å². The van der Waals surface area contributed by atoms with Crippen LogP contribution in [-0.2, 0) is 28.8 Å². The van der Waals surface area contributed by atoms with Gasteiger partial charge in [-0.25, -0.2) is 4.79 Å². The molecule has 0 aromatic rings. The average Bonchev–Trinajstić information content (AvgIpc) is 3.38. The van der Waals surface area contributed by atoms with Crippen LogP contribution in [0.3, 0.4) is 0 Å². The first-order chi connectivity index (χ1) is 15.0. The number of nitrogens with two attached hydrogens (primary N) is 2. The van der Waals surface area contributed by atoms with E-state index >= 15 is 0 Å². The van der Waals surface area contributed by atoms with E-state index in [2.05, 4.69) is 5.32 Å². The zero-order valence-corrected chi connectivity index (χ0v) is 17.6. The molecule has 4 amide bonds. The minimum Gasteiger partial charge on any atom is -0.481 e. The minimum atomic E-state index is -1.31. The first-order valence-corrected chi connectivity index (χ1v) is 10.4. The van der Waals surface area contributed by atoms with Crippen LogP contribution in [-0.4, -0.2) is 92.8 Å². The number of aliphatic carboxylic acids is 2. The van der Waals surface area contributed by atoms with Crippen molar-refractivity contribution >= 4 is 35.6 Å². The van der Waals surface area contributed by atoms with Crippen molar-refractivity contribution in [2.24, 2.45) is 11.5 Å². The number of hydrogen-bond donors (Lipinski definition) is 5. The lowest BCUT2D eigenvalue weighted by atomic mass is 10.1. The number of carbonyl (C=O) groups excluding carboxylic acids is 4. The lowest BCUT2D eigenvalue weighted by Crippen LogP contribution is -2.56. The van der Waals surface area contributed by atoms with Crippen LogP contribution in [0.15, 0.2) is 0 Å². The van der Waals surface area contributed by atoms with Crippen molar-refractivity contribution in [3.8, 4) is 0 Å². The van der Waals surface area contributed by atoms with E-state index in [-0.39, 0.29) is 38.8 Å². The number of amides is 4. The third-order valence-electron chi connectivity index (χ3n) is 5.67. The topological polar surface area (TPSA) is 213 Å². The Bertz CT molecular complexity index is 788. The van der Waals surface area contributed by atoms with E-state index in [9.17, 15) is 33.9 Å². The molecule has 2 heterocycles. The molecule has 2 aliphatic rings. The molecule has 7 N–H and O–H groups in total. The van der Waals surface area contributed by atoms with Crippen LogP contribution >= 0.6 is 0 Å². The van der Waals surface area contributed by atoms with Crippen LogP contribution in [0.2, 0.25) is 0 Å². The molecule has 32 heavy (non-hydrogen) atoms. The smallest absolute Gasteiger partial charge is 0.326 e. The molecule has 0 bridgehead atoms. The molecule has 0 aliphatic carbocycles. The molecule has 2 fully saturated rings. The third-order valence-corrected chi connectivity index (χ3v) is 5.67. The zero-order valence-electron chi connectivity index (χ0n) is 17.6. The van der Waals surface area contributed by atoms with Gasteiger partial charge in [0.05, 0.1) is 12.5 Å². The number of nitrogens with zero attached hydrogens (tertiary/aromatic N) is 2. The summed E-state index contributed by atoms with van der Waals surface area (Å²) in [7, 11) is 0. The number of carbonyl (C=O) groups is 6. The summed E-state index contributed by atoms with van der Waals surface area (Å²) in [6, 6.07) is -4.48. The molecular formula is C19H29N5O8. The van der Waals surface area contributed by atoms with Crippen molar-refractivity contribution in [3.05, 3.63) is 0 Å². The molecule has 0 aromatic heterocycles. The van der Waals surface area contributed by atoms with Gasteiger partial charge < -0.3 is 36.8 Å². The van der Waals surface area contributed by atoms with Crippen LogP contribution in [0.25, 0.3) is 0 Å². The fourth-order valence-corrected chi connectivity index (χ4v) is 4.09. The second-order valence-electron chi connectivity index (χ2n) is 7.99. The number of hydrogen-bond acceptors (Lipinski definition) is 7. The lowest BCUT2D eigenvalue weighted by Gasteiger charge is -2.30. The fraction of sp³-hybridized carbons (Fsp3) is 0.684. The van der Waals surface area contributed by atoms with Gasteiger partial charge in [0.1, 0.15) is 18.1 Å². The highest BCUT2D eigenvalue weighted by Crippen LogP contribution is 2.22. The number of carboxylic acid groups (broad SMARTS) is 2. The molecule has 4 atom stereocenters. The fourth-order valence-electron chi connectivity index (χ4n) is 4.09. The maximum absolute atomic E-state index is 13.0. The molecule has 13 heteroatoms. The molecule has 2 saturated heterocycles. The van der Waals surface area contributed by atoms with Gasteiger partial charge in [-0.2, -0.15) is 0 Å². The SMILES string of the molecule is NC(=O)CCC(NC(=O)C1CCCN1C(=O)C(N)CC(=O)O)C(=O)N1CCCC1C(=O)O. The number of likely N-dealkylation sites (tertiary alicyclic amines) is 2. The molecule has 0 radical (unpaired) electrons. The molecule has 0 aromatic carbocycles. The van der Waals surface area contributed by atoms with E-state index in [4.69, 9.17) is 16.6 Å². The second-order valence-corrected chi connectivity index (χ2v) is 7.99. The summed E-state index contributed by atoms with van der Waals surface area (Å²) < 4.78 is 0. The van der Waals surface area contributed by atoms with Gasteiger partial charge in [-0.15, -0.1) is 0 Å². The van der Waals surface area contributed by atoms with Crippen LogP contribution in [0.5, 0.6) is 0 Å². The van der Waals surface area contributed by atoms with E-state index in [1.54, 1.807) is 0 Å². The van der Waals surface area contributed by atoms with Crippen LogP contribution < -0.4 is 16.8 Å². The Balaban J connectivity index is 2.13. The van der Waals surface area contributed by atoms with Crippen molar-refractivity contribution < 1.29 is 39.0 Å². The predicted octanol–water partition coefficient (Wildman–Crippen LogP) is -2.39. The van der Waals surface area contributed by atoms with Crippen LogP contribution in [0.1, 0.15) is 44.9 Å². The highest BCUT2D eigenvalue weighted by molar-refractivity contribution is 5.95. The highest BCUT2D eigenvalue weighted by atomic mass is 16.4. The third kappa shape index (κ3) is 6.15. The Kier molecular flexibility index (Phi) is 8.52. The Labute approximate surface area is 184 Å². The van der Waals surface area contributed by atoms with Gasteiger partial charge in [-0.1, -0.05) is 0 Å². The van der Waals surface area contributed by atoms with E-state index in [0.717, 1.165) is 4.90 Å². The predicted molar refractivity (Wildman–Crippen MR) is 108 cm³/mol. The van der Waals surface area contributed by atoms with Gasteiger partial charge in [0.25, 0.3) is 0 Å². The van der Waals surface area contributed by atoms with Gasteiger partial charge in [0.2, 0.25) is 23.6 Å². The van der Waals surface area contributed by atoms with E-state index in [1.807, 2.05) is 0 Å². The maximum Gasteiger partial charge on any atom is 0.326 e. The summed E-state index contributed by atoms with van der Waals surface area (Å²) in [5.41, 5.74) is 10.8. The van der Waals surface area contributed by atoms with Gasteiger partial charge in [-0.05, 0) is 32.1 Å². The van der Waals surface area contributed by atoms with Gasteiger partial charge in [0, 0.05) is 19.5 Å². The molecule has 0 saturated carbocycles. The molecule has 0 spiro atoms. The number of nitrogens with one attached hydrogen (secondary N) is 1. The average molecular weight is 455 g/mol. The van der Waals surface area contributed by atoms with E-state index in [1.165, 1.54) is 4.90 Å². The molecule has 2 aliphatic heterocycles. The van der Waals surface area contributed by atoms with E-state index < -0.39 is 66.2 Å². The second kappa shape index (κ2) is 10.9. The summed E-state index contributed by atoms with van der Waals surface area (Å²) in [6.07, 6.45) is 0.623. The maximum atomic E-state index is 13.0. The largest absolute Gasteiger partial charge is 0.481 e. The first-order valence-electron chi connectivity index (χ1n) is 10.4. The highest BCUT2D eigenvalue weighted by Gasteiger charge is 2.41. The molecular weight excluding hydrogens is 426 g/mol. The summed E-state index contributed by atoms with van der Waals surface area (Å²) in [5.74, 6) is -5.08. The summed E-state index contributed by atoms with van der Waals surface area (Å²) in [5, 5.41) is 20.7. The Morgan fingerprint density at radius 3 is 2.03 bits per heavy atom. The van der Waals surface area contributed by atoms with Gasteiger partial charge >= 0.3 is 11.9 Å². The minimum absolute atomic E-state index is 0.123. The quantitative estimate of drug-likeness (QED) is 0.237. The molecule has 4 unspecified atom stereocenters. The lowest BCUT2D eigenvalue weighted by molar-refractivity contribution is -0.150. The Morgan fingerprint density at radius 2 is 1.50 bits per heavy atom. The molecule has 178 valence electrons. The Morgan fingerprint density at radius 1 is 0.938 bits per heavy atom. The van der Waals surface area contributed by atoms with Crippen LogP contribution in [0, 0.1) is 0 Å². The summed E-state index contributed by atoms with van der Waals surface area (Å²) >= 11 is 0. The first kappa shape index (κ1) is 25.0. The van der Waals surface area contributed by atoms with Crippen LogP contribution in [0.4, 0.5) is 0 Å². The normalized spacial score (nSPS) is 22.3. The Hall–Kier alpha value is -3.22. The standard InChI is InChI=1S/C19H29N5O8/c20-10(9-15(26)27)17(29)23-7-1-3-12(23)16(28)22-11(5-6-14(21)25)18(30)24-8-2-4-13(24)19(31)32/h10-13H,1-9,20H2,(H2,21,25)(H,22,28)(H,26,27)(H,31,32).